The number of halogens is 3. The molecular weight excluding hydrogens is 499 g/mol. The number of hydrogen-bond acceptors (Lipinski definition) is 8. The van der Waals surface area contributed by atoms with Crippen molar-refractivity contribution in [1.82, 2.24) is 29.2 Å². The molecule has 2 aliphatic carbocycles. The minimum atomic E-state index is -4.82. The van der Waals surface area contributed by atoms with Gasteiger partial charge in [-0.05, 0) is 37.5 Å². The summed E-state index contributed by atoms with van der Waals surface area (Å²) in [6, 6.07) is 1.84. The van der Waals surface area contributed by atoms with Crippen LogP contribution in [-0.2, 0) is 21.0 Å². The molecule has 1 atom stereocenters. The Bertz CT molecular complexity index is 1570. The molecule has 3 aromatic heterocycles. The first-order valence-corrected chi connectivity index (χ1v) is 12.2. The number of sulfonamides is 1. The van der Waals surface area contributed by atoms with Gasteiger partial charge < -0.3 is 9.88 Å². The topological polar surface area (TPSA) is 132 Å². The summed E-state index contributed by atoms with van der Waals surface area (Å²) in [5, 5.41) is 2.67. The molecule has 0 aliphatic heterocycles. The summed E-state index contributed by atoms with van der Waals surface area (Å²) >= 11 is 0. The van der Waals surface area contributed by atoms with Gasteiger partial charge in [0.25, 0.3) is 10.0 Å². The van der Waals surface area contributed by atoms with Crippen LogP contribution in [-0.4, -0.2) is 44.9 Å². The third-order valence-corrected chi connectivity index (χ3v) is 6.83. The summed E-state index contributed by atoms with van der Waals surface area (Å²) in [5.41, 5.74) is 0.394. The molecule has 14 heteroatoms. The highest BCUT2D eigenvalue weighted by Crippen LogP contribution is 2.35. The van der Waals surface area contributed by atoms with E-state index in [-0.39, 0.29) is 39.3 Å². The molecule has 2 N–H and O–H groups in total. The molecule has 1 saturated carbocycles. The maximum Gasteiger partial charge on any atom is 0.451 e. The van der Waals surface area contributed by atoms with E-state index in [1.165, 1.54) is 41.4 Å². The molecule has 5 rings (SSSR count). The second-order valence-electron chi connectivity index (χ2n) is 8.34. The van der Waals surface area contributed by atoms with E-state index < -0.39 is 28.1 Å². The van der Waals surface area contributed by atoms with Crippen LogP contribution in [0.5, 0.6) is 0 Å². The van der Waals surface area contributed by atoms with E-state index in [1.54, 1.807) is 18.9 Å². The first-order valence-electron chi connectivity index (χ1n) is 10.7. The van der Waals surface area contributed by atoms with Crippen LogP contribution in [0.3, 0.4) is 0 Å². The lowest BCUT2D eigenvalue weighted by Gasteiger charge is -2.22. The van der Waals surface area contributed by atoms with Gasteiger partial charge in [0, 0.05) is 12.2 Å². The lowest BCUT2D eigenvalue weighted by Crippen LogP contribution is -2.28. The summed E-state index contributed by atoms with van der Waals surface area (Å²) in [4.78, 5) is 27.4. The highest BCUT2D eigenvalue weighted by atomic mass is 32.2. The van der Waals surface area contributed by atoms with Crippen molar-refractivity contribution in [2.24, 2.45) is 0 Å². The number of hydrogen-bond donors (Lipinski definition) is 2. The molecule has 10 nitrogen and oxygen atoms in total. The number of allylic oxidation sites excluding steroid dienone is 4. The Kier molecular flexibility index (Phi) is 5.64. The Morgan fingerprint density at radius 3 is 2.58 bits per heavy atom. The number of alkyl halides is 3. The van der Waals surface area contributed by atoms with Crippen LogP contribution >= 0.6 is 0 Å². The van der Waals surface area contributed by atoms with E-state index >= 15 is 0 Å². The number of pyridine rings is 1. The van der Waals surface area contributed by atoms with Crippen LogP contribution in [0.1, 0.15) is 30.3 Å². The average Bonchev–Trinajstić information content (AvgIpc) is 3.53. The Hall–Kier alpha value is -4.03. The largest absolute Gasteiger partial charge is 0.451 e. The summed E-state index contributed by atoms with van der Waals surface area (Å²) < 4.78 is 69.9. The molecular formula is C22H18F3N7O3S. The maximum absolute atomic E-state index is 13.6. The molecule has 36 heavy (non-hydrogen) atoms. The molecule has 2 aliphatic rings. The van der Waals surface area contributed by atoms with Crippen molar-refractivity contribution in [2.45, 2.75) is 43.1 Å². The first kappa shape index (κ1) is 23.7. The van der Waals surface area contributed by atoms with Gasteiger partial charge in [0.1, 0.15) is 11.5 Å². The number of imidazole rings is 1. The summed E-state index contributed by atoms with van der Waals surface area (Å²) in [6.07, 6.45) is 3.67. The lowest BCUT2D eigenvalue weighted by atomic mass is 10.0. The zero-order valence-electron chi connectivity index (χ0n) is 18.6. The van der Waals surface area contributed by atoms with Crippen molar-refractivity contribution in [3.05, 3.63) is 65.5 Å². The maximum atomic E-state index is 13.6. The van der Waals surface area contributed by atoms with Crippen LogP contribution in [0.25, 0.3) is 11.2 Å². The van der Waals surface area contributed by atoms with Gasteiger partial charge in [-0.15, -0.1) is 0 Å². The predicted octanol–water partition coefficient (Wildman–Crippen LogP) is 2.85. The van der Waals surface area contributed by atoms with Gasteiger partial charge in [0.15, 0.2) is 16.5 Å². The number of nitrogens with zero attached hydrogens (tertiary/aromatic N) is 5. The number of aryl methyl sites for hydroxylation is 1. The fourth-order valence-electron chi connectivity index (χ4n) is 3.62. The number of carbonyl (C=O) groups excluding carboxylic acids is 1. The highest BCUT2D eigenvalue weighted by Gasteiger charge is 2.37. The second-order valence-corrected chi connectivity index (χ2v) is 9.97. The monoisotopic (exact) mass is 517 g/mol. The zero-order chi connectivity index (χ0) is 25.7. The van der Waals surface area contributed by atoms with E-state index in [4.69, 9.17) is 0 Å². The van der Waals surface area contributed by atoms with Crippen LogP contribution < -0.4 is 10.0 Å². The van der Waals surface area contributed by atoms with Crippen molar-refractivity contribution in [3.8, 4) is 0 Å². The number of aromatic nitrogens is 5. The fourth-order valence-corrected chi connectivity index (χ4v) is 4.63. The number of nitrogens with one attached hydrogen (secondary N) is 2. The number of rotatable bonds is 6. The van der Waals surface area contributed by atoms with Gasteiger partial charge >= 0.3 is 6.18 Å². The Labute approximate surface area is 202 Å². The van der Waals surface area contributed by atoms with E-state index in [0.717, 1.165) is 18.4 Å². The summed E-state index contributed by atoms with van der Waals surface area (Å²) in [6.45, 7) is 1.75. The standard InChI is InChI=1S/C22H18F3N7O3S/c1-12-5-8-17(26-9-12)36(34,35)31-15-3-2-4-16(14(15)10-33)32-11-27-18-19(28-13-6-7-13)29-21(22(23,24)25)30-20(18)32/h2-5,8-9,11,13,16,31H,6-7H2,1H3,(H,28,29,30). The highest BCUT2D eigenvalue weighted by molar-refractivity contribution is 7.89. The molecule has 3 heterocycles. The van der Waals surface area contributed by atoms with E-state index in [1.807, 2.05) is 0 Å². The van der Waals surface area contributed by atoms with Crippen LogP contribution in [0.15, 0.2) is 59.2 Å². The van der Waals surface area contributed by atoms with Crippen molar-refractivity contribution in [2.75, 3.05) is 5.32 Å². The van der Waals surface area contributed by atoms with Gasteiger partial charge in [-0.3, -0.25) is 4.72 Å². The molecule has 0 amide bonds. The average molecular weight is 517 g/mol. The Morgan fingerprint density at radius 1 is 1.17 bits per heavy atom. The van der Waals surface area contributed by atoms with E-state index in [2.05, 4.69) is 30.0 Å². The lowest BCUT2D eigenvalue weighted by molar-refractivity contribution is -0.144. The minimum absolute atomic E-state index is 0.00586. The van der Waals surface area contributed by atoms with Crippen LogP contribution in [0.4, 0.5) is 19.0 Å². The molecule has 3 aromatic rings. The van der Waals surface area contributed by atoms with Crippen molar-refractivity contribution < 1.29 is 26.4 Å². The smallest absolute Gasteiger partial charge is 0.365 e. The zero-order valence-corrected chi connectivity index (χ0v) is 19.4. The third-order valence-electron chi connectivity index (χ3n) is 5.55. The summed E-state index contributed by atoms with van der Waals surface area (Å²) in [5.74, 6) is 0.286. The van der Waals surface area contributed by atoms with Crippen molar-refractivity contribution >= 4 is 32.9 Å². The molecule has 1 unspecified atom stereocenters. The van der Waals surface area contributed by atoms with Gasteiger partial charge in [0.05, 0.1) is 23.6 Å². The van der Waals surface area contributed by atoms with Crippen molar-refractivity contribution in [3.63, 3.8) is 0 Å². The quantitative estimate of drug-likeness (QED) is 0.477. The van der Waals surface area contributed by atoms with Crippen LogP contribution in [0, 0.1) is 6.92 Å². The van der Waals surface area contributed by atoms with Gasteiger partial charge in [-0.1, -0.05) is 18.2 Å². The third kappa shape index (κ3) is 4.48. The molecule has 1 fully saturated rings. The van der Waals surface area contributed by atoms with Gasteiger partial charge in [-0.2, -0.15) is 21.6 Å². The predicted molar refractivity (Wildman–Crippen MR) is 122 cm³/mol. The normalized spacial score (nSPS) is 18.2. The number of fused-ring (bicyclic) bond motifs is 1. The molecule has 0 bridgehead atoms. The van der Waals surface area contributed by atoms with Crippen LogP contribution in [0.2, 0.25) is 0 Å². The Balaban J connectivity index is 1.54. The van der Waals surface area contributed by atoms with Crippen molar-refractivity contribution in [1.29, 1.82) is 0 Å². The summed E-state index contributed by atoms with van der Waals surface area (Å²) in [7, 11) is -4.17. The molecule has 0 saturated heterocycles. The van der Waals surface area contributed by atoms with Gasteiger partial charge in [-0.25, -0.2) is 24.7 Å². The molecule has 0 spiro atoms. The van der Waals surface area contributed by atoms with E-state index in [0.29, 0.717) is 0 Å². The fraction of sp³-hybridized carbons (Fsp3) is 0.273. The first-order chi connectivity index (χ1) is 17.1. The minimum Gasteiger partial charge on any atom is -0.365 e. The SMILES string of the molecule is Cc1ccc(S(=O)(=O)NC2=CC=CC(n3cnc4c(NC5CC5)nc(C(F)(F)F)nc43)C2=C=O)nc1. The second kappa shape index (κ2) is 8.57. The molecule has 0 aromatic carbocycles. The number of anilines is 1. The van der Waals surface area contributed by atoms with E-state index in [9.17, 15) is 26.4 Å². The molecule has 186 valence electrons. The Morgan fingerprint density at radius 2 is 1.94 bits per heavy atom. The molecule has 0 radical (unpaired) electrons. The van der Waals surface area contributed by atoms with Gasteiger partial charge in [0.2, 0.25) is 5.82 Å².